The molecule has 0 fully saturated rings. The first-order valence-electron chi connectivity index (χ1n) is 9.92. The van der Waals surface area contributed by atoms with E-state index in [9.17, 15) is 4.79 Å². The zero-order chi connectivity index (χ0) is 23.1. The number of carbonyl (C=O) groups is 1. The molecule has 0 saturated heterocycles. The maximum atomic E-state index is 12.5. The van der Waals surface area contributed by atoms with E-state index < -0.39 is 0 Å². The van der Waals surface area contributed by atoms with Gasteiger partial charge in [-0.2, -0.15) is 0 Å². The number of hydrogen-bond acceptors (Lipinski definition) is 5. The zero-order valence-corrected chi connectivity index (χ0v) is 20.8. The molecule has 1 aromatic carbocycles. The van der Waals surface area contributed by atoms with Crippen LogP contribution in [0, 0.1) is 0 Å². The number of pyridine rings is 1. The van der Waals surface area contributed by atoms with E-state index in [1.807, 2.05) is 32.3 Å². The van der Waals surface area contributed by atoms with E-state index in [2.05, 4.69) is 25.5 Å². The molecular weight excluding hydrogens is 485 g/mol. The lowest BCUT2D eigenvalue weighted by Crippen LogP contribution is -2.21. The van der Waals surface area contributed by atoms with Crippen LogP contribution in [0.3, 0.4) is 0 Å². The Hall–Kier alpha value is -2.71. The van der Waals surface area contributed by atoms with E-state index in [4.69, 9.17) is 27.9 Å². The first-order chi connectivity index (χ1) is 15.4. The van der Waals surface area contributed by atoms with Crippen LogP contribution in [0.25, 0.3) is 17.0 Å². The first-order valence-corrected chi connectivity index (χ1v) is 10.7. The second-order valence-corrected chi connectivity index (χ2v) is 8.10. The van der Waals surface area contributed by atoms with Gasteiger partial charge in [0.25, 0.3) is 5.91 Å². The smallest absolute Gasteiger partial charge is 0.290 e. The van der Waals surface area contributed by atoms with E-state index in [1.54, 1.807) is 36.5 Å². The predicted molar refractivity (Wildman–Crippen MR) is 140 cm³/mol. The van der Waals surface area contributed by atoms with Crippen molar-refractivity contribution in [1.82, 2.24) is 14.9 Å². The molecule has 33 heavy (non-hydrogen) atoms. The molecule has 0 radical (unpaired) electrons. The number of amides is 1. The van der Waals surface area contributed by atoms with Crippen molar-refractivity contribution in [3.63, 3.8) is 0 Å². The molecular formula is C23H26Cl3N5O2. The van der Waals surface area contributed by atoms with Crippen LogP contribution < -0.4 is 10.6 Å². The highest BCUT2D eigenvalue weighted by atomic mass is 35.5. The van der Waals surface area contributed by atoms with Crippen LogP contribution in [0.2, 0.25) is 10.0 Å². The van der Waals surface area contributed by atoms with Gasteiger partial charge >= 0.3 is 0 Å². The summed E-state index contributed by atoms with van der Waals surface area (Å²) in [7, 11) is 5.47. The molecule has 3 rings (SSSR count). The van der Waals surface area contributed by atoms with Crippen molar-refractivity contribution < 1.29 is 9.53 Å². The van der Waals surface area contributed by atoms with Crippen LogP contribution in [0.15, 0.2) is 54.4 Å². The molecule has 0 aliphatic carbocycles. The van der Waals surface area contributed by atoms with E-state index in [1.165, 1.54) is 7.11 Å². The van der Waals surface area contributed by atoms with Crippen LogP contribution in [0.4, 0.5) is 11.5 Å². The minimum Gasteiger partial charge on any atom is -0.491 e. The number of aromatic amines is 1. The minimum absolute atomic E-state index is 0. The lowest BCUT2D eigenvalue weighted by molar-refractivity contribution is -0.115. The van der Waals surface area contributed by atoms with Gasteiger partial charge in [0.05, 0.1) is 29.0 Å². The Labute approximate surface area is 209 Å². The number of nitrogens with one attached hydrogen (secondary N) is 3. The van der Waals surface area contributed by atoms with E-state index in [0.29, 0.717) is 15.7 Å². The van der Waals surface area contributed by atoms with Crippen LogP contribution in [0.1, 0.15) is 5.69 Å². The molecule has 0 unspecified atom stereocenters. The number of fused-ring (bicyclic) bond motifs is 1. The van der Waals surface area contributed by atoms with Gasteiger partial charge in [0.2, 0.25) is 0 Å². The maximum absolute atomic E-state index is 12.5. The number of aromatic nitrogens is 2. The average molecular weight is 511 g/mol. The van der Waals surface area contributed by atoms with Gasteiger partial charge in [-0.1, -0.05) is 29.3 Å². The third-order valence-corrected chi connectivity index (χ3v) is 5.26. The monoisotopic (exact) mass is 509 g/mol. The summed E-state index contributed by atoms with van der Waals surface area (Å²) in [6, 6.07) is 9.11. The molecule has 0 aliphatic heterocycles. The third kappa shape index (κ3) is 7.68. The summed E-state index contributed by atoms with van der Waals surface area (Å²) in [4.78, 5) is 22.1. The van der Waals surface area contributed by atoms with Gasteiger partial charge in [-0.25, -0.2) is 4.98 Å². The topological polar surface area (TPSA) is 82.3 Å². The normalized spacial score (nSPS) is 11.6. The highest BCUT2D eigenvalue weighted by Crippen LogP contribution is 2.28. The maximum Gasteiger partial charge on any atom is 0.290 e. The number of likely N-dealkylation sites (N-methyl/N-ethyl adjacent to an activating group) is 1. The number of rotatable bonds is 9. The Bertz CT molecular complexity index is 1100. The number of carbonyl (C=O) groups excluding carboxylic acids is 1. The summed E-state index contributed by atoms with van der Waals surface area (Å²) in [5.74, 6) is 0.537. The molecule has 2 heterocycles. The zero-order valence-electron chi connectivity index (χ0n) is 18.5. The standard InChI is InChI=1S/C23H25Cl2N5O2.ClH/c1-30(2)10-9-26-22-8-7-17(14-27-22)29-23(31)21(32-3)6-4-5-16-11-15-12-18(24)19(25)13-20(15)28-16;/h4-8,11-14,28H,9-10H2,1-3H3,(H,26,27)(H,29,31);1H/b5-4+,21-6+;. The number of nitrogens with zero attached hydrogens (tertiary/aromatic N) is 2. The van der Waals surface area contributed by atoms with Gasteiger partial charge in [-0.15, -0.1) is 12.4 Å². The van der Waals surface area contributed by atoms with Crippen LogP contribution in [0.5, 0.6) is 0 Å². The number of allylic oxidation sites excluding steroid dienone is 2. The SMILES string of the molecule is CO/C(=C/C=C/c1cc2cc(Cl)c(Cl)cc2[nH]1)C(=O)Nc1ccc(NCCN(C)C)nc1.Cl. The van der Waals surface area contributed by atoms with Crippen molar-refractivity contribution in [3.8, 4) is 0 Å². The molecule has 3 N–H and O–H groups in total. The fraction of sp³-hybridized carbons (Fsp3) is 0.217. The molecule has 0 atom stereocenters. The second kappa shape index (κ2) is 12.5. The van der Waals surface area contributed by atoms with Crippen LogP contribution in [-0.2, 0) is 9.53 Å². The number of hydrogen-bond donors (Lipinski definition) is 3. The minimum atomic E-state index is -0.373. The molecule has 1 amide bonds. The third-order valence-electron chi connectivity index (χ3n) is 4.54. The summed E-state index contributed by atoms with van der Waals surface area (Å²) in [6.07, 6.45) is 6.73. The Morgan fingerprint density at radius 3 is 2.64 bits per heavy atom. The fourth-order valence-electron chi connectivity index (χ4n) is 2.89. The van der Waals surface area contributed by atoms with E-state index in [-0.39, 0.29) is 24.1 Å². The van der Waals surface area contributed by atoms with Gasteiger partial charge in [0.15, 0.2) is 5.76 Å². The molecule has 0 saturated carbocycles. The van der Waals surface area contributed by atoms with Crippen molar-refractivity contribution in [2.45, 2.75) is 0 Å². The number of halogens is 3. The van der Waals surface area contributed by atoms with Crippen molar-refractivity contribution >= 4 is 70.0 Å². The summed E-state index contributed by atoms with van der Waals surface area (Å²) in [5, 5.41) is 7.93. The average Bonchev–Trinajstić information content (AvgIpc) is 3.13. The van der Waals surface area contributed by atoms with E-state index >= 15 is 0 Å². The first kappa shape index (κ1) is 26.5. The molecule has 0 spiro atoms. The van der Waals surface area contributed by atoms with Gasteiger partial charge in [0, 0.05) is 29.7 Å². The highest BCUT2D eigenvalue weighted by molar-refractivity contribution is 6.42. The van der Waals surface area contributed by atoms with Gasteiger partial charge in [-0.05, 0) is 56.6 Å². The number of methoxy groups -OCH3 is 1. The van der Waals surface area contributed by atoms with E-state index in [0.717, 1.165) is 35.5 Å². The summed E-state index contributed by atoms with van der Waals surface area (Å²) in [6.45, 7) is 1.68. The number of H-pyrrole nitrogens is 1. The lowest BCUT2D eigenvalue weighted by Gasteiger charge is -2.11. The highest BCUT2D eigenvalue weighted by Gasteiger charge is 2.10. The molecule has 176 valence electrons. The molecule has 0 aliphatic rings. The lowest BCUT2D eigenvalue weighted by atomic mass is 10.2. The number of benzene rings is 1. The number of ether oxygens (including phenoxy) is 1. The molecule has 0 bridgehead atoms. The van der Waals surface area contributed by atoms with Gasteiger partial charge in [-0.3, -0.25) is 4.79 Å². The number of anilines is 2. The summed E-state index contributed by atoms with van der Waals surface area (Å²) < 4.78 is 5.23. The second-order valence-electron chi connectivity index (χ2n) is 7.29. The molecule has 7 nitrogen and oxygen atoms in total. The van der Waals surface area contributed by atoms with Crippen molar-refractivity contribution in [2.75, 3.05) is 44.9 Å². The van der Waals surface area contributed by atoms with Crippen LogP contribution in [-0.4, -0.2) is 55.1 Å². The summed E-state index contributed by atoms with van der Waals surface area (Å²) in [5.41, 5.74) is 2.29. The van der Waals surface area contributed by atoms with Crippen molar-refractivity contribution in [3.05, 3.63) is 70.2 Å². The van der Waals surface area contributed by atoms with Gasteiger partial charge in [0.1, 0.15) is 5.82 Å². The van der Waals surface area contributed by atoms with Crippen molar-refractivity contribution in [2.24, 2.45) is 0 Å². The Morgan fingerprint density at radius 2 is 1.97 bits per heavy atom. The van der Waals surface area contributed by atoms with Gasteiger partial charge < -0.3 is 25.3 Å². The Kier molecular flexibility index (Phi) is 10.1. The fourth-order valence-corrected chi connectivity index (χ4v) is 3.22. The van der Waals surface area contributed by atoms with Crippen molar-refractivity contribution in [1.29, 1.82) is 0 Å². The quantitative estimate of drug-likeness (QED) is 0.203. The molecule has 3 aromatic rings. The summed E-state index contributed by atoms with van der Waals surface area (Å²) >= 11 is 12.1. The molecule has 10 heteroatoms. The molecule has 2 aromatic heterocycles. The van der Waals surface area contributed by atoms with Crippen LogP contribution >= 0.6 is 35.6 Å². The predicted octanol–water partition coefficient (Wildman–Crippen LogP) is 5.45. The Balaban J connectivity index is 0.00000385. The Morgan fingerprint density at radius 1 is 1.21 bits per heavy atom. The largest absolute Gasteiger partial charge is 0.491 e.